The Balaban J connectivity index is 1.64. The van der Waals surface area contributed by atoms with Crippen molar-refractivity contribution in [3.63, 3.8) is 0 Å². The van der Waals surface area contributed by atoms with E-state index in [-0.39, 0.29) is 5.82 Å². The lowest BCUT2D eigenvalue weighted by molar-refractivity contribution is 0.414. The van der Waals surface area contributed by atoms with E-state index in [0.29, 0.717) is 37.7 Å². The average molecular weight is 410 g/mol. The van der Waals surface area contributed by atoms with Gasteiger partial charge in [0.25, 0.3) is 0 Å². The normalized spacial score (nSPS) is 11.4. The van der Waals surface area contributed by atoms with E-state index in [1.165, 1.54) is 6.07 Å². The van der Waals surface area contributed by atoms with Crippen molar-refractivity contribution < 1.29 is 9.13 Å². The Hall–Kier alpha value is -3.42. The first kappa shape index (κ1) is 21.3. The lowest BCUT2D eigenvalue weighted by Gasteiger charge is -2.14. The number of aromatic nitrogens is 3. The van der Waals surface area contributed by atoms with Crippen molar-refractivity contribution in [2.45, 2.75) is 33.0 Å². The first-order valence-corrected chi connectivity index (χ1v) is 9.94. The van der Waals surface area contributed by atoms with Gasteiger partial charge in [-0.25, -0.2) is 9.38 Å². The van der Waals surface area contributed by atoms with E-state index < -0.39 is 0 Å². The van der Waals surface area contributed by atoms with Gasteiger partial charge in [-0.1, -0.05) is 37.3 Å². The first-order chi connectivity index (χ1) is 14.7. The van der Waals surface area contributed by atoms with Crippen LogP contribution < -0.4 is 15.4 Å². The molecule has 7 nitrogen and oxygen atoms in total. The molecule has 0 aliphatic heterocycles. The topological polar surface area (TPSA) is 76.4 Å². The van der Waals surface area contributed by atoms with Crippen molar-refractivity contribution in [3.05, 3.63) is 77.6 Å². The molecule has 0 saturated carbocycles. The van der Waals surface area contributed by atoms with E-state index in [1.54, 1.807) is 25.6 Å². The molecule has 0 spiro atoms. The largest absolute Gasteiger partial charge is 0.497 e. The Morgan fingerprint density at radius 2 is 1.93 bits per heavy atom. The minimum Gasteiger partial charge on any atom is -0.497 e. The van der Waals surface area contributed by atoms with Crippen LogP contribution in [0.4, 0.5) is 4.39 Å². The van der Waals surface area contributed by atoms with Gasteiger partial charge in [0.15, 0.2) is 5.96 Å². The van der Waals surface area contributed by atoms with Crippen LogP contribution in [0.1, 0.15) is 23.9 Å². The summed E-state index contributed by atoms with van der Waals surface area (Å²) in [6.45, 7) is 4.22. The van der Waals surface area contributed by atoms with Crippen molar-refractivity contribution in [2.75, 3.05) is 13.7 Å². The Labute approximate surface area is 176 Å². The number of methoxy groups -OCH3 is 1. The number of halogens is 1. The lowest BCUT2D eigenvalue weighted by atomic mass is 10.2. The van der Waals surface area contributed by atoms with Gasteiger partial charge in [-0.05, 0) is 23.8 Å². The molecular formula is C22H27FN6O. The summed E-state index contributed by atoms with van der Waals surface area (Å²) in [6, 6.07) is 14.5. The maximum Gasteiger partial charge on any atom is 0.191 e. The second kappa shape index (κ2) is 10.9. The number of hydrogen-bond acceptors (Lipinski definition) is 4. The van der Waals surface area contributed by atoms with Gasteiger partial charge in [-0.15, -0.1) is 10.2 Å². The number of benzene rings is 2. The highest BCUT2D eigenvalue weighted by atomic mass is 19.1. The molecule has 0 radical (unpaired) electrons. The van der Waals surface area contributed by atoms with Gasteiger partial charge in [0, 0.05) is 31.6 Å². The fraction of sp³-hybridized carbons (Fsp3) is 0.318. The molecule has 0 aliphatic rings. The molecule has 158 valence electrons. The minimum atomic E-state index is -0.239. The first-order valence-electron chi connectivity index (χ1n) is 9.94. The molecule has 3 aromatic rings. The fourth-order valence-electron chi connectivity index (χ4n) is 2.93. The average Bonchev–Trinajstić information content (AvgIpc) is 3.24. The lowest BCUT2D eigenvalue weighted by Crippen LogP contribution is -2.38. The van der Waals surface area contributed by atoms with Crippen LogP contribution in [0.15, 0.2) is 59.9 Å². The van der Waals surface area contributed by atoms with Gasteiger partial charge in [0.1, 0.15) is 23.7 Å². The van der Waals surface area contributed by atoms with Crippen molar-refractivity contribution in [3.8, 4) is 5.75 Å². The third kappa shape index (κ3) is 6.04. The SMILES string of the molecule is CCc1nncn1CCNC(=NCc1ccc(OC)cc1)NCc1ccccc1F. The Bertz CT molecular complexity index is 954. The molecular weight excluding hydrogens is 383 g/mol. The summed E-state index contributed by atoms with van der Waals surface area (Å²) in [6.07, 6.45) is 2.55. The fourth-order valence-corrected chi connectivity index (χ4v) is 2.93. The molecule has 0 amide bonds. The van der Waals surface area contributed by atoms with Crippen LogP contribution >= 0.6 is 0 Å². The highest BCUT2D eigenvalue weighted by molar-refractivity contribution is 5.79. The van der Waals surface area contributed by atoms with Gasteiger partial charge >= 0.3 is 0 Å². The van der Waals surface area contributed by atoms with Crippen LogP contribution in [0.2, 0.25) is 0 Å². The molecule has 1 heterocycles. The summed E-state index contributed by atoms with van der Waals surface area (Å²) in [5, 5.41) is 14.6. The molecule has 0 bridgehead atoms. The molecule has 2 aromatic carbocycles. The molecule has 30 heavy (non-hydrogen) atoms. The van der Waals surface area contributed by atoms with Crippen LogP contribution in [0, 0.1) is 5.82 Å². The quantitative estimate of drug-likeness (QED) is 0.419. The van der Waals surface area contributed by atoms with Gasteiger partial charge in [0.2, 0.25) is 0 Å². The molecule has 2 N–H and O–H groups in total. The number of aliphatic imine (C=N–C) groups is 1. The predicted octanol–water partition coefficient (Wildman–Crippen LogP) is 2.92. The molecule has 0 saturated heterocycles. The number of hydrogen-bond donors (Lipinski definition) is 2. The molecule has 0 aliphatic carbocycles. The van der Waals surface area contributed by atoms with Gasteiger partial charge in [-0.3, -0.25) is 0 Å². The molecule has 0 unspecified atom stereocenters. The number of nitrogens with one attached hydrogen (secondary N) is 2. The molecule has 8 heteroatoms. The minimum absolute atomic E-state index is 0.239. The maximum absolute atomic E-state index is 14.0. The summed E-state index contributed by atoms with van der Waals surface area (Å²) in [5.74, 6) is 2.11. The summed E-state index contributed by atoms with van der Waals surface area (Å²) in [5.41, 5.74) is 1.64. The molecule has 0 atom stereocenters. The van der Waals surface area contributed by atoms with E-state index in [9.17, 15) is 4.39 Å². The second-order valence-corrected chi connectivity index (χ2v) is 6.68. The van der Waals surface area contributed by atoms with E-state index in [2.05, 4.69) is 25.8 Å². The summed E-state index contributed by atoms with van der Waals surface area (Å²) < 4.78 is 21.2. The second-order valence-electron chi connectivity index (χ2n) is 6.68. The number of nitrogens with zero attached hydrogens (tertiary/aromatic N) is 4. The number of aryl methyl sites for hydroxylation is 1. The number of rotatable bonds is 9. The van der Waals surface area contributed by atoms with Gasteiger partial charge in [0.05, 0.1) is 13.7 Å². The predicted molar refractivity (Wildman–Crippen MR) is 115 cm³/mol. The van der Waals surface area contributed by atoms with Crippen LogP contribution in [0.25, 0.3) is 0 Å². The zero-order valence-corrected chi connectivity index (χ0v) is 17.3. The van der Waals surface area contributed by atoms with Crippen molar-refractivity contribution in [1.29, 1.82) is 0 Å². The summed E-state index contributed by atoms with van der Waals surface area (Å²) in [4.78, 5) is 4.65. The van der Waals surface area contributed by atoms with Crippen molar-refractivity contribution >= 4 is 5.96 Å². The summed E-state index contributed by atoms with van der Waals surface area (Å²) in [7, 11) is 1.64. The Morgan fingerprint density at radius 3 is 2.67 bits per heavy atom. The highest BCUT2D eigenvalue weighted by Crippen LogP contribution is 2.12. The monoisotopic (exact) mass is 410 g/mol. The summed E-state index contributed by atoms with van der Waals surface area (Å²) >= 11 is 0. The Morgan fingerprint density at radius 1 is 1.13 bits per heavy atom. The van der Waals surface area contributed by atoms with Crippen LogP contribution in [-0.4, -0.2) is 34.4 Å². The van der Waals surface area contributed by atoms with E-state index in [0.717, 1.165) is 23.6 Å². The zero-order chi connectivity index (χ0) is 21.2. The molecule has 1 aromatic heterocycles. The van der Waals surface area contributed by atoms with Gasteiger partial charge in [-0.2, -0.15) is 0 Å². The van der Waals surface area contributed by atoms with Crippen LogP contribution in [-0.2, 0) is 26.1 Å². The van der Waals surface area contributed by atoms with Gasteiger partial charge < -0.3 is 19.9 Å². The van der Waals surface area contributed by atoms with Crippen molar-refractivity contribution in [1.82, 2.24) is 25.4 Å². The van der Waals surface area contributed by atoms with Crippen LogP contribution in [0.3, 0.4) is 0 Å². The Kier molecular flexibility index (Phi) is 7.77. The third-order valence-electron chi connectivity index (χ3n) is 4.64. The third-order valence-corrected chi connectivity index (χ3v) is 4.64. The zero-order valence-electron chi connectivity index (χ0n) is 17.3. The molecule has 0 fully saturated rings. The van der Waals surface area contributed by atoms with Crippen LogP contribution in [0.5, 0.6) is 5.75 Å². The maximum atomic E-state index is 14.0. The molecule has 3 rings (SSSR count). The van der Waals surface area contributed by atoms with E-state index >= 15 is 0 Å². The number of guanidine groups is 1. The van der Waals surface area contributed by atoms with Crippen molar-refractivity contribution in [2.24, 2.45) is 4.99 Å². The van der Waals surface area contributed by atoms with E-state index in [4.69, 9.17) is 4.74 Å². The smallest absolute Gasteiger partial charge is 0.191 e. The van der Waals surface area contributed by atoms with E-state index in [1.807, 2.05) is 41.8 Å². The standard InChI is InChI=1S/C22H27FN6O/c1-3-21-28-27-16-29(21)13-12-24-22(26-15-18-6-4-5-7-20(18)23)25-14-17-8-10-19(30-2)11-9-17/h4-11,16H,3,12-15H2,1-2H3,(H2,24,25,26). The number of ether oxygens (including phenoxy) is 1. The highest BCUT2D eigenvalue weighted by Gasteiger charge is 2.05.